The van der Waals surface area contributed by atoms with E-state index in [1.165, 1.54) is 16.8 Å². The van der Waals surface area contributed by atoms with E-state index in [0.29, 0.717) is 5.69 Å². The van der Waals surface area contributed by atoms with E-state index in [2.05, 4.69) is 5.10 Å². The lowest BCUT2D eigenvalue weighted by molar-refractivity contribution is 0.0784. The molecule has 2 heterocycles. The molecule has 0 saturated carbocycles. The molecule has 0 atom stereocenters. The summed E-state index contributed by atoms with van der Waals surface area (Å²) in [6.45, 7) is 5.33. The van der Waals surface area contributed by atoms with Gasteiger partial charge in [0.2, 0.25) is 0 Å². The largest absolute Gasteiger partial charge is 0.337 e. The van der Waals surface area contributed by atoms with Crippen LogP contribution < -0.4 is 5.56 Å². The molecule has 1 fully saturated rings. The molecule has 1 aliphatic rings. The Kier molecular flexibility index (Phi) is 3.26. The number of carbonyl (C=O) groups is 1. The predicted octanol–water partition coefficient (Wildman–Crippen LogP) is 1.06. The highest BCUT2D eigenvalue weighted by Crippen LogP contribution is 2.11. The van der Waals surface area contributed by atoms with Gasteiger partial charge in [-0.2, -0.15) is 5.10 Å². The first-order valence-corrected chi connectivity index (χ1v) is 5.99. The van der Waals surface area contributed by atoms with Gasteiger partial charge >= 0.3 is 0 Å². The molecule has 1 aromatic heterocycles. The number of amides is 1. The smallest absolute Gasteiger partial charge is 0.274 e. The van der Waals surface area contributed by atoms with E-state index >= 15 is 0 Å². The summed E-state index contributed by atoms with van der Waals surface area (Å²) in [5, 5.41) is 4.13. The molecule has 1 aromatic rings. The number of aromatic nitrogens is 2. The van der Waals surface area contributed by atoms with Gasteiger partial charge in [-0.3, -0.25) is 9.59 Å². The van der Waals surface area contributed by atoms with E-state index in [0.717, 1.165) is 25.9 Å². The predicted molar refractivity (Wildman–Crippen MR) is 64.0 cm³/mol. The van der Waals surface area contributed by atoms with Crippen molar-refractivity contribution in [3.63, 3.8) is 0 Å². The van der Waals surface area contributed by atoms with Gasteiger partial charge in [0, 0.05) is 19.2 Å². The molecule has 0 spiro atoms. The zero-order chi connectivity index (χ0) is 12.4. The lowest BCUT2D eigenvalue weighted by Crippen LogP contribution is -2.32. The lowest BCUT2D eigenvalue weighted by atomic mass is 10.3. The molecule has 0 aromatic carbocycles. The lowest BCUT2D eigenvalue weighted by Gasteiger charge is -2.15. The molecular weight excluding hydrogens is 218 g/mol. The Bertz CT molecular complexity index is 473. The molecule has 0 aliphatic carbocycles. The standard InChI is InChI=1S/C12H17N3O2/c1-9(2)15-11(16)6-5-10(13-15)12(17)14-7-3-4-8-14/h5-6,9H,3-4,7-8H2,1-2H3. The molecule has 0 bridgehead atoms. The first-order chi connectivity index (χ1) is 8.09. The quantitative estimate of drug-likeness (QED) is 0.770. The van der Waals surface area contributed by atoms with Crippen molar-refractivity contribution in [3.05, 3.63) is 28.2 Å². The molecule has 0 unspecified atom stereocenters. The van der Waals surface area contributed by atoms with Gasteiger partial charge in [0.15, 0.2) is 0 Å². The van der Waals surface area contributed by atoms with E-state index in [1.54, 1.807) is 4.90 Å². The highest BCUT2D eigenvalue weighted by molar-refractivity contribution is 5.92. The molecule has 5 heteroatoms. The summed E-state index contributed by atoms with van der Waals surface area (Å²) >= 11 is 0. The zero-order valence-electron chi connectivity index (χ0n) is 10.2. The Morgan fingerprint density at radius 3 is 2.53 bits per heavy atom. The molecule has 1 amide bonds. The van der Waals surface area contributed by atoms with E-state index in [9.17, 15) is 9.59 Å². The normalized spacial score (nSPS) is 15.6. The minimum absolute atomic E-state index is 0.0335. The minimum Gasteiger partial charge on any atom is -0.337 e. The number of hydrogen-bond donors (Lipinski definition) is 0. The van der Waals surface area contributed by atoms with Gasteiger partial charge in [0.1, 0.15) is 5.69 Å². The Balaban J connectivity index is 2.29. The van der Waals surface area contributed by atoms with Gasteiger partial charge in [0.25, 0.3) is 11.5 Å². The maximum absolute atomic E-state index is 12.1. The molecule has 17 heavy (non-hydrogen) atoms. The van der Waals surface area contributed by atoms with E-state index in [4.69, 9.17) is 0 Å². The third-order valence-corrected chi connectivity index (χ3v) is 2.93. The third-order valence-electron chi connectivity index (χ3n) is 2.93. The zero-order valence-corrected chi connectivity index (χ0v) is 10.2. The van der Waals surface area contributed by atoms with Crippen molar-refractivity contribution in [1.29, 1.82) is 0 Å². The van der Waals surface area contributed by atoms with Gasteiger partial charge in [-0.1, -0.05) is 0 Å². The maximum atomic E-state index is 12.1. The van der Waals surface area contributed by atoms with Crippen molar-refractivity contribution in [2.75, 3.05) is 13.1 Å². The van der Waals surface area contributed by atoms with Crippen molar-refractivity contribution in [3.8, 4) is 0 Å². The first-order valence-electron chi connectivity index (χ1n) is 5.99. The maximum Gasteiger partial charge on any atom is 0.274 e. The van der Waals surface area contributed by atoms with Crippen LogP contribution in [0, 0.1) is 0 Å². The van der Waals surface area contributed by atoms with Crippen molar-refractivity contribution < 1.29 is 4.79 Å². The summed E-state index contributed by atoms with van der Waals surface area (Å²) in [7, 11) is 0. The first kappa shape index (κ1) is 11.8. The van der Waals surface area contributed by atoms with E-state index in [-0.39, 0.29) is 17.5 Å². The summed E-state index contributed by atoms with van der Waals surface area (Å²) < 4.78 is 1.35. The van der Waals surface area contributed by atoms with Crippen LogP contribution in [0.25, 0.3) is 0 Å². The molecule has 5 nitrogen and oxygen atoms in total. The average Bonchev–Trinajstić information content (AvgIpc) is 2.81. The van der Waals surface area contributed by atoms with Gasteiger partial charge in [-0.05, 0) is 32.8 Å². The van der Waals surface area contributed by atoms with Crippen LogP contribution in [0.3, 0.4) is 0 Å². The average molecular weight is 235 g/mol. The molecule has 0 radical (unpaired) electrons. The molecule has 1 saturated heterocycles. The molecule has 0 N–H and O–H groups in total. The number of nitrogens with zero attached hydrogens (tertiary/aromatic N) is 3. The summed E-state index contributed by atoms with van der Waals surface area (Å²) in [5.74, 6) is -0.0723. The minimum atomic E-state index is -0.169. The number of rotatable bonds is 2. The topological polar surface area (TPSA) is 55.2 Å². The van der Waals surface area contributed by atoms with Crippen LogP contribution >= 0.6 is 0 Å². The Labute approximate surface area is 100 Å². The third kappa shape index (κ3) is 2.38. The second-order valence-corrected chi connectivity index (χ2v) is 4.59. The van der Waals surface area contributed by atoms with Crippen molar-refractivity contribution >= 4 is 5.91 Å². The van der Waals surface area contributed by atoms with Crippen LogP contribution in [0.15, 0.2) is 16.9 Å². The highest BCUT2D eigenvalue weighted by atomic mass is 16.2. The second kappa shape index (κ2) is 4.69. The van der Waals surface area contributed by atoms with Crippen LogP contribution in [-0.4, -0.2) is 33.7 Å². The van der Waals surface area contributed by atoms with E-state index < -0.39 is 0 Å². The summed E-state index contributed by atoms with van der Waals surface area (Å²) in [4.78, 5) is 25.4. The molecule has 92 valence electrons. The van der Waals surface area contributed by atoms with Crippen LogP contribution in [0.2, 0.25) is 0 Å². The second-order valence-electron chi connectivity index (χ2n) is 4.59. The Morgan fingerprint density at radius 1 is 1.29 bits per heavy atom. The highest BCUT2D eigenvalue weighted by Gasteiger charge is 2.21. The summed E-state index contributed by atoms with van der Waals surface area (Å²) in [6.07, 6.45) is 2.10. The monoisotopic (exact) mass is 235 g/mol. The number of hydrogen-bond acceptors (Lipinski definition) is 3. The van der Waals surface area contributed by atoms with Gasteiger partial charge < -0.3 is 4.90 Å². The van der Waals surface area contributed by atoms with Gasteiger partial charge in [-0.15, -0.1) is 0 Å². The van der Waals surface area contributed by atoms with Crippen molar-refractivity contribution in [1.82, 2.24) is 14.7 Å². The SMILES string of the molecule is CC(C)n1nc(C(=O)N2CCCC2)ccc1=O. The summed E-state index contributed by atoms with van der Waals surface area (Å²) in [5.41, 5.74) is 0.193. The van der Waals surface area contributed by atoms with Crippen LogP contribution in [0.5, 0.6) is 0 Å². The molecule has 1 aliphatic heterocycles. The fourth-order valence-electron chi connectivity index (χ4n) is 1.99. The van der Waals surface area contributed by atoms with Crippen LogP contribution in [0.1, 0.15) is 43.2 Å². The van der Waals surface area contributed by atoms with Crippen molar-refractivity contribution in [2.24, 2.45) is 0 Å². The van der Waals surface area contributed by atoms with E-state index in [1.807, 2.05) is 13.8 Å². The van der Waals surface area contributed by atoms with Crippen LogP contribution in [0.4, 0.5) is 0 Å². The number of likely N-dealkylation sites (tertiary alicyclic amines) is 1. The molecular formula is C12H17N3O2. The Hall–Kier alpha value is -1.65. The van der Waals surface area contributed by atoms with Gasteiger partial charge in [-0.25, -0.2) is 4.68 Å². The fraction of sp³-hybridized carbons (Fsp3) is 0.583. The Morgan fingerprint density at radius 2 is 1.94 bits per heavy atom. The van der Waals surface area contributed by atoms with Gasteiger partial charge in [0.05, 0.1) is 6.04 Å². The van der Waals surface area contributed by atoms with Crippen LogP contribution in [-0.2, 0) is 0 Å². The summed E-state index contributed by atoms with van der Waals surface area (Å²) in [6, 6.07) is 2.90. The fourth-order valence-corrected chi connectivity index (χ4v) is 1.99. The van der Waals surface area contributed by atoms with Crippen molar-refractivity contribution in [2.45, 2.75) is 32.7 Å². The number of carbonyl (C=O) groups excluding carboxylic acids is 1. The molecule has 2 rings (SSSR count).